The quantitative estimate of drug-likeness (QED) is 0.402. The Morgan fingerprint density at radius 3 is 2.34 bits per heavy atom. The third kappa shape index (κ3) is 4.75. The molecule has 0 aliphatic heterocycles. The molecule has 0 aliphatic carbocycles. The fourth-order valence-electron chi connectivity index (χ4n) is 3.32. The fraction of sp³-hybridized carbons (Fsp3) is 0.160. The van der Waals surface area contributed by atoms with Gasteiger partial charge in [-0.05, 0) is 36.8 Å². The van der Waals surface area contributed by atoms with Crippen molar-refractivity contribution in [3.8, 4) is 11.3 Å². The third-order valence-corrected chi connectivity index (χ3v) is 7.82. The van der Waals surface area contributed by atoms with Crippen LogP contribution in [0.5, 0.6) is 0 Å². The van der Waals surface area contributed by atoms with Crippen LogP contribution in [0, 0.1) is 6.92 Å². The lowest BCUT2D eigenvalue weighted by Gasteiger charge is -2.14. The summed E-state index contributed by atoms with van der Waals surface area (Å²) >= 11 is 1.54. The van der Waals surface area contributed by atoms with Crippen LogP contribution in [-0.2, 0) is 16.6 Å². The maximum Gasteiger partial charge on any atom is 0.242 e. The van der Waals surface area contributed by atoms with E-state index >= 15 is 0 Å². The molecule has 32 heavy (non-hydrogen) atoms. The van der Waals surface area contributed by atoms with Crippen molar-refractivity contribution < 1.29 is 8.42 Å². The Morgan fingerprint density at radius 1 is 0.938 bits per heavy atom. The molecule has 0 atom stereocenters. The summed E-state index contributed by atoms with van der Waals surface area (Å²) in [6, 6.07) is 25.4. The van der Waals surface area contributed by atoms with Crippen LogP contribution in [0.25, 0.3) is 11.3 Å². The number of rotatable bonds is 6. The molecule has 1 heterocycles. The molecule has 0 spiro atoms. The van der Waals surface area contributed by atoms with Crippen molar-refractivity contribution in [1.29, 1.82) is 0 Å². The summed E-state index contributed by atoms with van der Waals surface area (Å²) in [5.41, 5.74) is 5.01. The van der Waals surface area contributed by atoms with E-state index in [0.29, 0.717) is 6.54 Å². The van der Waals surface area contributed by atoms with Crippen molar-refractivity contribution in [3.63, 3.8) is 0 Å². The van der Waals surface area contributed by atoms with Crippen LogP contribution >= 0.6 is 11.3 Å². The Balaban J connectivity index is 1.86. The van der Waals surface area contributed by atoms with E-state index in [1.54, 1.807) is 43.6 Å². The summed E-state index contributed by atoms with van der Waals surface area (Å²) in [6.07, 6.45) is 0. The molecule has 0 aliphatic rings. The Bertz CT molecular complexity index is 1390. The second kappa shape index (κ2) is 9.24. The predicted octanol–water partition coefficient (Wildman–Crippen LogP) is 5.06. The van der Waals surface area contributed by atoms with Crippen molar-refractivity contribution in [1.82, 2.24) is 8.87 Å². The largest absolute Gasteiger partial charge is 0.312 e. The average molecular weight is 464 g/mol. The first kappa shape index (κ1) is 22.2. The van der Waals surface area contributed by atoms with Crippen LogP contribution < -0.4 is 4.80 Å². The number of aryl methyl sites for hydroxylation is 1. The number of hydrogen-bond acceptors (Lipinski definition) is 4. The lowest BCUT2D eigenvalue weighted by molar-refractivity contribution is 0.521. The summed E-state index contributed by atoms with van der Waals surface area (Å²) in [7, 11) is -0.436. The molecule has 0 radical (unpaired) electrons. The first-order valence-electron chi connectivity index (χ1n) is 10.2. The third-order valence-electron chi connectivity index (χ3n) is 5.15. The number of nitrogens with zero attached hydrogens (tertiary/aromatic N) is 3. The van der Waals surface area contributed by atoms with Crippen molar-refractivity contribution in [2.75, 3.05) is 14.1 Å². The van der Waals surface area contributed by atoms with E-state index in [-0.39, 0.29) is 4.90 Å². The predicted molar refractivity (Wildman–Crippen MR) is 131 cm³/mol. The number of hydrogen-bond donors (Lipinski definition) is 0. The van der Waals surface area contributed by atoms with Crippen LogP contribution in [0.15, 0.2) is 94.1 Å². The van der Waals surface area contributed by atoms with Gasteiger partial charge in [0.05, 0.1) is 22.8 Å². The summed E-state index contributed by atoms with van der Waals surface area (Å²) in [4.78, 5) is 5.98. The van der Waals surface area contributed by atoms with Crippen LogP contribution in [-0.4, -0.2) is 31.4 Å². The molecule has 0 amide bonds. The van der Waals surface area contributed by atoms with Crippen LogP contribution in [0.3, 0.4) is 0 Å². The topological polar surface area (TPSA) is 54.7 Å². The highest BCUT2D eigenvalue weighted by Crippen LogP contribution is 2.25. The fourth-order valence-corrected chi connectivity index (χ4v) is 5.19. The van der Waals surface area contributed by atoms with E-state index in [1.807, 2.05) is 41.8 Å². The normalized spacial score (nSPS) is 12.4. The number of aromatic nitrogens is 1. The molecule has 1 aromatic heterocycles. The number of benzene rings is 3. The molecule has 0 N–H and O–H groups in total. The molecule has 0 unspecified atom stereocenters. The van der Waals surface area contributed by atoms with Gasteiger partial charge in [0.1, 0.15) is 0 Å². The van der Waals surface area contributed by atoms with E-state index < -0.39 is 10.0 Å². The van der Waals surface area contributed by atoms with Crippen molar-refractivity contribution in [3.05, 3.63) is 100 Å². The smallest absolute Gasteiger partial charge is 0.242 e. The zero-order chi connectivity index (χ0) is 22.7. The molecule has 0 saturated heterocycles. The average Bonchev–Trinajstić information content (AvgIpc) is 3.18. The van der Waals surface area contributed by atoms with E-state index in [0.717, 1.165) is 27.3 Å². The summed E-state index contributed by atoms with van der Waals surface area (Å²) in [5, 5.41) is 2.04. The lowest BCUT2D eigenvalue weighted by Crippen LogP contribution is -2.22. The van der Waals surface area contributed by atoms with Gasteiger partial charge in [0, 0.05) is 25.0 Å². The maximum absolute atomic E-state index is 12.7. The van der Waals surface area contributed by atoms with Gasteiger partial charge in [-0.15, -0.1) is 11.3 Å². The monoisotopic (exact) mass is 463 g/mol. The minimum absolute atomic E-state index is 0.273. The Hall–Kier alpha value is -3.00. The minimum atomic E-state index is -3.52. The van der Waals surface area contributed by atoms with Crippen molar-refractivity contribution >= 4 is 27.0 Å². The molecule has 7 heteroatoms. The van der Waals surface area contributed by atoms with E-state index in [9.17, 15) is 8.42 Å². The molecule has 4 rings (SSSR count). The van der Waals surface area contributed by atoms with Gasteiger partial charge in [-0.25, -0.2) is 17.7 Å². The number of sulfonamides is 1. The Morgan fingerprint density at radius 2 is 1.66 bits per heavy atom. The van der Waals surface area contributed by atoms with E-state index in [4.69, 9.17) is 4.99 Å². The molecule has 0 bridgehead atoms. The molecular formula is C25H25N3O2S2. The molecule has 3 aromatic carbocycles. The zero-order valence-electron chi connectivity index (χ0n) is 18.3. The Kier molecular flexibility index (Phi) is 6.41. The number of thiazole rings is 1. The SMILES string of the molecule is Cc1ccc(Cn2c(-c3cccc(S(=O)(=O)N(C)C)c3)csc2=Nc2ccccc2)cc1. The van der Waals surface area contributed by atoms with Crippen molar-refractivity contribution in [2.24, 2.45) is 4.99 Å². The highest BCUT2D eigenvalue weighted by atomic mass is 32.2. The summed E-state index contributed by atoms with van der Waals surface area (Å²) in [5.74, 6) is 0. The molecule has 164 valence electrons. The van der Waals surface area contributed by atoms with E-state index in [1.165, 1.54) is 9.87 Å². The minimum Gasteiger partial charge on any atom is -0.312 e. The second-order valence-corrected chi connectivity index (χ2v) is 10.7. The van der Waals surface area contributed by atoms with Crippen LogP contribution in [0.2, 0.25) is 0 Å². The standard InChI is InChI=1S/C25H25N3O2S2/c1-19-12-14-20(15-13-19)17-28-24(18-31-25(28)26-22-9-5-4-6-10-22)21-8-7-11-23(16-21)32(29,30)27(2)3/h4-16,18H,17H2,1-3H3. The Labute approximate surface area is 193 Å². The van der Waals surface area contributed by atoms with Gasteiger partial charge in [0.2, 0.25) is 10.0 Å². The molecule has 0 fully saturated rings. The molecule has 0 saturated carbocycles. The van der Waals surface area contributed by atoms with Crippen molar-refractivity contribution in [2.45, 2.75) is 18.4 Å². The number of para-hydroxylation sites is 1. The van der Waals surface area contributed by atoms with Gasteiger partial charge >= 0.3 is 0 Å². The first-order chi connectivity index (χ1) is 15.3. The summed E-state index contributed by atoms with van der Waals surface area (Å²) < 4.78 is 28.7. The van der Waals surface area contributed by atoms with Gasteiger partial charge < -0.3 is 4.57 Å². The van der Waals surface area contributed by atoms with Gasteiger partial charge in [-0.1, -0.05) is 60.2 Å². The highest BCUT2D eigenvalue weighted by molar-refractivity contribution is 7.89. The summed E-state index contributed by atoms with van der Waals surface area (Å²) in [6.45, 7) is 2.70. The molecular weight excluding hydrogens is 438 g/mol. The molecule has 5 nitrogen and oxygen atoms in total. The first-order valence-corrected chi connectivity index (χ1v) is 12.5. The van der Waals surface area contributed by atoms with E-state index in [2.05, 4.69) is 35.8 Å². The van der Waals surface area contributed by atoms with Gasteiger partial charge in [0.15, 0.2) is 4.80 Å². The van der Waals surface area contributed by atoms with Gasteiger partial charge in [0.25, 0.3) is 0 Å². The van der Waals surface area contributed by atoms with Crippen LogP contribution in [0.4, 0.5) is 5.69 Å². The lowest BCUT2D eigenvalue weighted by atomic mass is 10.1. The highest BCUT2D eigenvalue weighted by Gasteiger charge is 2.18. The van der Waals surface area contributed by atoms with Crippen LogP contribution in [0.1, 0.15) is 11.1 Å². The second-order valence-electron chi connectivity index (χ2n) is 7.74. The zero-order valence-corrected chi connectivity index (χ0v) is 19.9. The maximum atomic E-state index is 12.7. The van der Waals surface area contributed by atoms with Gasteiger partial charge in [-0.3, -0.25) is 0 Å². The molecule has 4 aromatic rings. The van der Waals surface area contributed by atoms with Gasteiger partial charge in [-0.2, -0.15) is 0 Å².